The Morgan fingerprint density at radius 1 is 0.545 bits per heavy atom. The van der Waals surface area contributed by atoms with Crippen molar-refractivity contribution in [3.63, 3.8) is 0 Å². The Morgan fingerprint density at radius 3 is 1.55 bits per heavy atom. The van der Waals surface area contributed by atoms with Gasteiger partial charge in [-0.15, -0.1) is 0 Å². The SMILES string of the molecule is CCCCCCCc1ccc2cc(CCCCC)ccc2c1. The summed E-state index contributed by atoms with van der Waals surface area (Å²) in [4.78, 5) is 0. The van der Waals surface area contributed by atoms with Crippen molar-refractivity contribution in [1.82, 2.24) is 0 Å². The van der Waals surface area contributed by atoms with E-state index in [0.717, 1.165) is 0 Å². The van der Waals surface area contributed by atoms with E-state index in [1.165, 1.54) is 86.1 Å². The summed E-state index contributed by atoms with van der Waals surface area (Å²) in [6.07, 6.45) is 13.2. The third kappa shape index (κ3) is 5.48. The van der Waals surface area contributed by atoms with E-state index in [4.69, 9.17) is 0 Å². The number of hydrogen-bond donors (Lipinski definition) is 0. The van der Waals surface area contributed by atoms with Crippen LogP contribution in [0.15, 0.2) is 36.4 Å². The molecule has 2 aromatic carbocycles. The minimum atomic E-state index is 1.23. The van der Waals surface area contributed by atoms with Crippen LogP contribution in [0.3, 0.4) is 0 Å². The molecule has 0 aromatic heterocycles. The molecule has 0 radical (unpaired) electrons. The first-order valence-corrected chi connectivity index (χ1v) is 9.35. The van der Waals surface area contributed by atoms with Crippen molar-refractivity contribution >= 4 is 10.8 Å². The van der Waals surface area contributed by atoms with Crippen molar-refractivity contribution in [2.45, 2.75) is 78.1 Å². The smallest absolute Gasteiger partial charge is 0.0181 e. The molecular weight excluding hydrogens is 264 g/mol. The second-order valence-corrected chi connectivity index (χ2v) is 6.64. The Labute approximate surface area is 136 Å². The molecule has 0 heteroatoms. The molecule has 0 nitrogen and oxygen atoms in total. The van der Waals surface area contributed by atoms with Crippen LogP contribution < -0.4 is 0 Å². The Bertz CT molecular complexity index is 553. The van der Waals surface area contributed by atoms with E-state index in [1.54, 1.807) is 0 Å². The Hall–Kier alpha value is -1.30. The van der Waals surface area contributed by atoms with Crippen LogP contribution in [0.2, 0.25) is 0 Å². The summed E-state index contributed by atoms with van der Waals surface area (Å²) < 4.78 is 0. The highest BCUT2D eigenvalue weighted by Crippen LogP contribution is 2.20. The summed E-state index contributed by atoms with van der Waals surface area (Å²) >= 11 is 0. The molecule has 0 bridgehead atoms. The highest BCUT2D eigenvalue weighted by atomic mass is 14.1. The molecule has 0 aliphatic rings. The van der Waals surface area contributed by atoms with Crippen molar-refractivity contribution in [1.29, 1.82) is 0 Å². The average molecular weight is 296 g/mol. The van der Waals surface area contributed by atoms with Crippen molar-refractivity contribution in [2.24, 2.45) is 0 Å². The number of rotatable bonds is 10. The first kappa shape index (κ1) is 17.1. The molecule has 22 heavy (non-hydrogen) atoms. The summed E-state index contributed by atoms with van der Waals surface area (Å²) in [5.41, 5.74) is 3.00. The predicted octanol–water partition coefficient (Wildman–Crippen LogP) is 7.09. The zero-order chi connectivity index (χ0) is 15.6. The molecule has 0 aliphatic carbocycles. The van der Waals surface area contributed by atoms with Crippen molar-refractivity contribution in [3.05, 3.63) is 47.5 Å². The Kier molecular flexibility index (Phi) is 7.49. The summed E-state index contributed by atoms with van der Waals surface area (Å²) in [6, 6.07) is 14.1. The second-order valence-electron chi connectivity index (χ2n) is 6.64. The van der Waals surface area contributed by atoms with E-state index in [1.807, 2.05) is 0 Å². The molecule has 0 heterocycles. The molecule has 0 saturated carbocycles. The van der Waals surface area contributed by atoms with Crippen molar-refractivity contribution in [3.8, 4) is 0 Å². The van der Waals surface area contributed by atoms with E-state index < -0.39 is 0 Å². The lowest BCUT2D eigenvalue weighted by molar-refractivity contribution is 0.632. The van der Waals surface area contributed by atoms with Crippen LogP contribution in [-0.2, 0) is 12.8 Å². The molecule has 0 fully saturated rings. The van der Waals surface area contributed by atoms with E-state index in [9.17, 15) is 0 Å². The van der Waals surface area contributed by atoms with Gasteiger partial charge in [0, 0.05) is 0 Å². The van der Waals surface area contributed by atoms with Gasteiger partial charge in [-0.05, 0) is 47.6 Å². The molecule has 0 atom stereocenters. The Morgan fingerprint density at radius 2 is 1.00 bits per heavy atom. The van der Waals surface area contributed by atoms with Gasteiger partial charge in [0.1, 0.15) is 0 Å². The minimum absolute atomic E-state index is 1.23. The molecule has 2 rings (SSSR count). The first-order chi connectivity index (χ1) is 10.8. The van der Waals surface area contributed by atoms with Gasteiger partial charge in [0.05, 0.1) is 0 Å². The number of fused-ring (bicyclic) bond motifs is 1. The fourth-order valence-corrected chi connectivity index (χ4v) is 3.17. The predicted molar refractivity (Wildman–Crippen MR) is 99.6 cm³/mol. The third-order valence-electron chi connectivity index (χ3n) is 4.61. The lowest BCUT2D eigenvalue weighted by Crippen LogP contribution is -1.89. The Balaban J connectivity index is 1.91. The maximum absolute atomic E-state index is 2.39. The standard InChI is InChI=1S/C22H32/c1-3-5-7-8-10-12-20-14-16-21-17-19(11-9-6-4-2)13-15-22(21)18-20/h13-18H,3-12H2,1-2H3. The molecule has 120 valence electrons. The summed E-state index contributed by atoms with van der Waals surface area (Å²) in [5.74, 6) is 0. The lowest BCUT2D eigenvalue weighted by atomic mass is 9.99. The normalized spacial score (nSPS) is 11.2. The van der Waals surface area contributed by atoms with Crippen LogP contribution in [0.1, 0.15) is 76.3 Å². The maximum atomic E-state index is 2.39. The maximum Gasteiger partial charge on any atom is -0.0181 e. The second kappa shape index (κ2) is 9.66. The zero-order valence-electron chi connectivity index (χ0n) is 14.5. The van der Waals surface area contributed by atoms with Gasteiger partial charge in [0.25, 0.3) is 0 Å². The molecule has 0 saturated heterocycles. The molecule has 2 aromatic rings. The van der Waals surface area contributed by atoms with Crippen LogP contribution in [0.25, 0.3) is 10.8 Å². The van der Waals surface area contributed by atoms with Gasteiger partial charge in [0.15, 0.2) is 0 Å². The monoisotopic (exact) mass is 296 g/mol. The number of hydrogen-bond acceptors (Lipinski definition) is 0. The van der Waals surface area contributed by atoms with Gasteiger partial charge in [-0.3, -0.25) is 0 Å². The molecule has 0 amide bonds. The van der Waals surface area contributed by atoms with Crippen LogP contribution in [0.4, 0.5) is 0 Å². The van der Waals surface area contributed by atoms with Crippen LogP contribution >= 0.6 is 0 Å². The van der Waals surface area contributed by atoms with Gasteiger partial charge in [-0.25, -0.2) is 0 Å². The topological polar surface area (TPSA) is 0 Å². The van der Waals surface area contributed by atoms with Crippen LogP contribution in [-0.4, -0.2) is 0 Å². The largest absolute Gasteiger partial charge is 0.0654 e. The zero-order valence-corrected chi connectivity index (χ0v) is 14.5. The molecule has 0 aliphatic heterocycles. The number of aryl methyl sites for hydroxylation is 2. The molecular formula is C22H32. The van der Waals surface area contributed by atoms with E-state index in [2.05, 4.69) is 50.2 Å². The number of unbranched alkanes of at least 4 members (excludes halogenated alkanes) is 6. The molecule has 0 N–H and O–H groups in total. The van der Waals surface area contributed by atoms with Gasteiger partial charge in [0.2, 0.25) is 0 Å². The van der Waals surface area contributed by atoms with Crippen molar-refractivity contribution < 1.29 is 0 Å². The van der Waals surface area contributed by atoms with Crippen LogP contribution in [0, 0.1) is 0 Å². The highest BCUT2D eigenvalue weighted by molar-refractivity contribution is 5.83. The summed E-state index contributed by atoms with van der Waals surface area (Å²) in [5, 5.41) is 2.81. The van der Waals surface area contributed by atoms with E-state index in [0.29, 0.717) is 0 Å². The van der Waals surface area contributed by atoms with Gasteiger partial charge in [-0.1, -0.05) is 88.8 Å². The summed E-state index contributed by atoms with van der Waals surface area (Å²) in [7, 11) is 0. The quantitative estimate of drug-likeness (QED) is 0.411. The third-order valence-corrected chi connectivity index (χ3v) is 4.61. The van der Waals surface area contributed by atoms with Gasteiger partial charge >= 0.3 is 0 Å². The minimum Gasteiger partial charge on any atom is -0.0654 e. The summed E-state index contributed by atoms with van der Waals surface area (Å²) in [6.45, 7) is 4.55. The molecule has 0 spiro atoms. The highest BCUT2D eigenvalue weighted by Gasteiger charge is 2.00. The van der Waals surface area contributed by atoms with E-state index >= 15 is 0 Å². The van der Waals surface area contributed by atoms with E-state index in [-0.39, 0.29) is 0 Å². The first-order valence-electron chi connectivity index (χ1n) is 9.35. The van der Waals surface area contributed by atoms with Gasteiger partial charge < -0.3 is 0 Å². The van der Waals surface area contributed by atoms with Crippen molar-refractivity contribution in [2.75, 3.05) is 0 Å². The number of benzene rings is 2. The lowest BCUT2D eigenvalue weighted by Gasteiger charge is -2.07. The van der Waals surface area contributed by atoms with Crippen LogP contribution in [0.5, 0.6) is 0 Å². The molecule has 0 unspecified atom stereocenters. The fraction of sp³-hybridized carbons (Fsp3) is 0.545. The van der Waals surface area contributed by atoms with Gasteiger partial charge in [-0.2, -0.15) is 0 Å². The fourth-order valence-electron chi connectivity index (χ4n) is 3.17. The average Bonchev–Trinajstić information content (AvgIpc) is 2.55.